The topological polar surface area (TPSA) is 35.2 Å². The highest BCUT2D eigenvalue weighted by Crippen LogP contribution is 2.31. The molecule has 0 bridgehead atoms. The molecule has 0 radical (unpaired) electrons. The maximum atomic E-state index is 13.6. The Morgan fingerprint density at radius 3 is 2.39 bits per heavy atom. The van der Waals surface area contributed by atoms with Crippen LogP contribution in [0.1, 0.15) is 18.6 Å². The predicted octanol–water partition coefficient (Wildman–Crippen LogP) is 3.69. The van der Waals surface area contributed by atoms with E-state index in [2.05, 4.69) is 0 Å². The van der Waals surface area contributed by atoms with Crippen molar-refractivity contribution in [3.05, 3.63) is 59.7 Å². The molecule has 0 spiro atoms. The molecule has 0 amide bonds. The van der Waals surface area contributed by atoms with Crippen molar-refractivity contribution in [2.45, 2.75) is 13.0 Å². The maximum Gasteiger partial charge on any atom is 0.202 e. The summed E-state index contributed by atoms with van der Waals surface area (Å²) in [5, 5.41) is 0. The van der Waals surface area contributed by atoms with Crippen LogP contribution < -0.4 is 10.5 Å². The second-order valence-corrected chi connectivity index (χ2v) is 3.95. The van der Waals surface area contributed by atoms with Crippen LogP contribution in [-0.4, -0.2) is 0 Å². The van der Waals surface area contributed by atoms with Crippen molar-refractivity contribution in [2.75, 3.05) is 5.73 Å². The first-order valence-electron chi connectivity index (χ1n) is 5.54. The van der Waals surface area contributed by atoms with Crippen molar-refractivity contribution in [1.29, 1.82) is 0 Å². The SMILES string of the molecule is CC(Oc1c(N)ccc(F)c1F)c1ccccc1. The molecule has 0 fully saturated rings. The molecule has 0 aromatic heterocycles. The molecule has 0 saturated heterocycles. The number of halogens is 2. The van der Waals surface area contributed by atoms with Gasteiger partial charge in [-0.1, -0.05) is 30.3 Å². The second-order valence-electron chi connectivity index (χ2n) is 3.95. The van der Waals surface area contributed by atoms with E-state index in [-0.39, 0.29) is 11.4 Å². The summed E-state index contributed by atoms with van der Waals surface area (Å²) in [6.07, 6.45) is -0.412. The van der Waals surface area contributed by atoms with E-state index in [0.29, 0.717) is 0 Å². The molecular formula is C14H13F2NO. The molecule has 2 aromatic rings. The third kappa shape index (κ3) is 2.42. The van der Waals surface area contributed by atoms with Gasteiger partial charge in [0, 0.05) is 0 Å². The Morgan fingerprint density at radius 2 is 1.72 bits per heavy atom. The van der Waals surface area contributed by atoms with Crippen LogP contribution in [0.5, 0.6) is 5.75 Å². The Balaban J connectivity index is 2.27. The van der Waals surface area contributed by atoms with Crippen LogP contribution >= 0.6 is 0 Å². The van der Waals surface area contributed by atoms with Gasteiger partial charge >= 0.3 is 0 Å². The van der Waals surface area contributed by atoms with Gasteiger partial charge < -0.3 is 10.5 Å². The average molecular weight is 249 g/mol. The lowest BCUT2D eigenvalue weighted by molar-refractivity contribution is 0.215. The van der Waals surface area contributed by atoms with Crippen LogP contribution in [0.15, 0.2) is 42.5 Å². The summed E-state index contributed by atoms with van der Waals surface area (Å²) in [5.74, 6) is -2.27. The lowest BCUT2D eigenvalue weighted by Crippen LogP contribution is -2.07. The fourth-order valence-corrected chi connectivity index (χ4v) is 1.64. The largest absolute Gasteiger partial charge is 0.481 e. The van der Waals surface area contributed by atoms with Gasteiger partial charge in [0.05, 0.1) is 5.69 Å². The van der Waals surface area contributed by atoms with Crippen LogP contribution in [0.4, 0.5) is 14.5 Å². The second kappa shape index (κ2) is 5.04. The van der Waals surface area contributed by atoms with E-state index in [0.717, 1.165) is 11.6 Å². The molecule has 94 valence electrons. The highest BCUT2D eigenvalue weighted by atomic mass is 19.2. The zero-order valence-corrected chi connectivity index (χ0v) is 9.86. The minimum atomic E-state index is -1.06. The molecule has 2 N–H and O–H groups in total. The number of benzene rings is 2. The minimum Gasteiger partial charge on any atom is -0.481 e. The summed E-state index contributed by atoms with van der Waals surface area (Å²) >= 11 is 0. The predicted molar refractivity (Wildman–Crippen MR) is 66.3 cm³/mol. The van der Waals surface area contributed by atoms with Gasteiger partial charge in [-0.15, -0.1) is 0 Å². The Hall–Kier alpha value is -2.10. The lowest BCUT2D eigenvalue weighted by atomic mass is 10.1. The quantitative estimate of drug-likeness (QED) is 0.842. The van der Waals surface area contributed by atoms with Crippen LogP contribution in [0.2, 0.25) is 0 Å². The molecular weight excluding hydrogens is 236 g/mol. The highest BCUT2D eigenvalue weighted by Gasteiger charge is 2.16. The summed E-state index contributed by atoms with van der Waals surface area (Å²) in [5.41, 5.74) is 6.53. The van der Waals surface area contributed by atoms with Crippen molar-refractivity contribution < 1.29 is 13.5 Å². The van der Waals surface area contributed by atoms with Gasteiger partial charge in [-0.05, 0) is 24.6 Å². The van der Waals surface area contributed by atoms with Crippen molar-refractivity contribution in [3.8, 4) is 5.75 Å². The zero-order valence-electron chi connectivity index (χ0n) is 9.86. The van der Waals surface area contributed by atoms with E-state index in [1.807, 2.05) is 30.3 Å². The van der Waals surface area contributed by atoms with Crippen LogP contribution in [0.3, 0.4) is 0 Å². The summed E-state index contributed by atoms with van der Waals surface area (Å²) in [6.45, 7) is 1.75. The number of anilines is 1. The molecule has 0 saturated carbocycles. The Labute approximate surface area is 104 Å². The van der Waals surface area contributed by atoms with E-state index in [4.69, 9.17) is 10.5 Å². The number of hydrogen-bond donors (Lipinski definition) is 1. The summed E-state index contributed by atoms with van der Waals surface area (Å²) in [6, 6.07) is 11.5. The van der Waals surface area contributed by atoms with Gasteiger partial charge in [0.25, 0.3) is 0 Å². The van der Waals surface area contributed by atoms with Gasteiger partial charge in [-0.3, -0.25) is 0 Å². The van der Waals surface area contributed by atoms with Gasteiger partial charge in [0.15, 0.2) is 11.6 Å². The molecule has 18 heavy (non-hydrogen) atoms. The lowest BCUT2D eigenvalue weighted by Gasteiger charge is -2.17. The molecule has 1 atom stereocenters. The van der Waals surface area contributed by atoms with E-state index >= 15 is 0 Å². The molecule has 0 aliphatic rings. The standard InChI is InChI=1S/C14H13F2NO/c1-9(10-5-3-2-4-6-10)18-14-12(17)8-7-11(15)13(14)16/h2-9H,17H2,1H3. The van der Waals surface area contributed by atoms with Gasteiger partial charge in [-0.2, -0.15) is 4.39 Å². The van der Waals surface area contributed by atoms with Crippen molar-refractivity contribution in [1.82, 2.24) is 0 Å². The fourth-order valence-electron chi connectivity index (χ4n) is 1.64. The first-order chi connectivity index (χ1) is 8.59. The zero-order chi connectivity index (χ0) is 13.1. The summed E-state index contributed by atoms with van der Waals surface area (Å²) in [4.78, 5) is 0. The third-order valence-corrected chi connectivity index (χ3v) is 2.64. The number of rotatable bonds is 3. The summed E-state index contributed by atoms with van der Waals surface area (Å²) < 4.78 is 32.1. The molecule has 2 rings (SSSR count). The Kier molecular flexibility index (Phi) is 3.46. The molecule has 0 heterocycles. The first-order valence-corrected chi connectivity index (χ1v) is 5.54. The van der Waals surface area contributed by atoms with E-state index in [1.165, 1.54) is 6.07 Å². The van der Waals surface area contributed by atoms with E-state index in [9.17, 15) is 8.78 Å². The molecule has 2 nitrogen and oxygen atoms in total. The van der Waals surface area contributed by atoms with Crippen LogP contribution in [0, 0.1) is 11.6 Å². The van der Waals surface area contributed by atoms with Crippen molar-refractivity contribution in [3.63, 3.8) is 0 Å². The summed E-state index contributed by atoms with van der Waals surface area (Å²) in [7, 11) is 0. The molecule has 1 unspecified atom stereocenters. The third-order valence-electron chi connectivity index (χ3n) is 2.64. The van der Waals surface area contributed by atoms with Gasteiger partial charge in [0.2, 0.25) is 5.82 Å². The van der Waals surface area contributed by atoms with E-state index < -0.39 is 17.7 Å². The smallest absolute Gasteiger partial charge is 0.202 e. The van der Waals surface area contributed by atoms with Crippen LogP contribution in [-0.2, 0) is 0 Å². The number of hydrogen-bond acceptors (Lipinski definition) is 2. The van der Waals surface area contributed by atoms with Crippen molar-refractivity contribution in [2.24, 2.45) is 0 Å². The Bertz CT molecular complexity index is 543. The first kappa shape index (κ1) is 12.4. The van der Waals surface area contributed by atoms with Crippen molar-refractivity contribution >= 4 is 5.69 Å². The number of nitrogen functional groups attached to an aromatic ring is 1. The Morgan fingerprint density at radius 1 is 1.06 bits per heavy atom. The normalized spacial score (nSPS) is 12.2. The number of nitrogens with two attached hydrogens (primary N) is 1. The fraction of sp³-hybridized carbons (Fsp3) is 0.143. The monoisotopic (exact) mass is 249 g/mol. The molecule has 4 heteroatoms. The van der Waals surface area contributed by atoms with Gasteiger partial charge in [-0.25, -0.2) is 4.39 Å². The molecule has 0 aliphatic heterocycles. The van der Waals surface area contributed by atoms with Crippen LogP contribution in [0.25, 0.3) is 0 Å². The number of ether oxygens (including phenoxy) is 1. The average Bonchev–Trinajstić information content (AvgIpc) is 2.40. The highest BCUT2D eigenvalue weighted by molar-refractivity contribution is 5.53. The maximum absolute atomic E-state index is 13.6. The van der Waals surface area contributed by atoms with Gasteiger partial charge in [0.1, 0.15) is 6.10 Å². The van der Waals surface area contributed by atoms with E-state index in [1.54, 1.807) is 6.92 Å². The minimum absolute atomic E-state index is 0.0803. The molecule has 2 aromatic carbocycles. The molecule has 0 aliphatic carbocycles.